The summed E-state index contributed by atoms with van der Waals surface area (Å²) >= 11 is 9.31. The number of halogens is 3. The van der Waals surface area contributed by atoms with Crippen LogP contribution in [0, 0.1) is 5.82 Å². The molecule has 0 fully saturated rings. The molecule has 3 N–H and O–H groups in total. The van der Waals surface area contributed by atoms with Gasteiger partial charge in [-0.1, -0.05) is 51.8 Å². The van der Waals surface area contributed by atoms with Gasteiger partial charge in [-0.3, -0.25) is 0 Å². The summed E-state index contributed by atoms with van der Waals surface area (Å²) in [6.45, 7) is 0.167. The van der Waals surface area contributed by atoms with Gasteiger partial charge in [-0.2, -0.15) is 0 Å². The number of nitrogens with two attached hydrogens (primary N) is 1. The van der Waals surface area contributed by atoms with Gasteiger partial charge in [-0.15, -0.1) is 0 Å². The second-order valence-electron chi connectivity index (χ2n) is 4.47. The fraction of sp³-hybridized carbons (Fsp3) is 0.200. The zero-order valence-electron chi connectivity index (χ0n) is 10.6. The molecular weight excluding hydrogens is 345 g/mol. The molecule has 0 aliphatic heterocycles. The van der Waals surface area contributed by atoms with E-state index in [9.17, 15) is 9.50 Å². The van der Waals surface area contributed by atoms with Gasteiger partial charge in [-0.25, -0.2) is 4.39 Å². The van der Waals surface area contributed by atoms with E-state index in [-0.39, 0.29) is 12.1 Å². The average Bonchev–Trinajstić information content (AvgIpc) is 2.41. The Labute approximate surface area is 130 Å². The maximum atomic E-state index is 14.0. The lowest BCUT2D eigenvalue weighted by Gasteiger charge is -2.23. The van der Waals surface area contributed by atoms with Gasteiger partial charge in [0, 0.05) is 27.5 Å². The highest BCUT2D eigenvalue weighted by atomic mass is 79.9. The predicted octanol–water partition coefficient (Wildman–Crippen LogP) is 4.02. The lowest BCUT2D eigenvalue weighted by molar-refractivity contribution is 0.143. The lowest BCUT2D eigenvalue weighted by atomic mass is 9.89. The highest BCUT2D eigenvalue weighted by molar-refractivity contribution is 9.10. The van der Waals surface area contributed by atoms with Crippen molar-refractivity contribution >= 4 is 27.5 Å². The lowest BCUT2D eigenvalue weighted by Crippen LogP contribution is -2.21. The summed E-state index contributed by atoms with van der Waals surface area (Å²) in [5.41, 5.74) is 6.67. The maximum Gasteiger partial charge on any atom is 0.130 e. The van der Waals surface area contributed by atoms with Crippen molar-refractivity contribution in [3.63, 3.8) is 0 Å². The van der Waals surface area contributed by atoms with Crippen molar-refractivity contribution in [2.45, 2.75) is 12.0 Å². The topological polar surface area (TPSA) is 46.2 Å². The molecule has 2 atom stereocenters. The van der Waals surface area contributed by atoms with E-state index >= 15 is 0 Å². The monoisotopic (exact) mass is 357 g/mol. The van der Waals surface area contributed by atoms with Crippen LogP contribution in [0.5, 0.6) is 0 Å². The molecule has 2 rings (SSSR count). The molecule has 0 heterocycles. The van der Waals surface area contributed by atoms with Crippen LogP contribution < -0.4 is 5.73 Å². The summed E-state index contributed by atoms with van der Waals surface area (Å²) in [5, 5.41) is 10.9. The summed E-state index contributed by atoms with van der Waals surface area (Å²) in [7, 11) is 0. The van der Waals surface area contributed by atoms with Gasteiger partial charge in [0.1, 0.15) is 5.82 Å². The van der Waals surface area contributed by atoms with E-state index in [1.165, 1.54) is 6.07 Å². The standard InChI is InChI=1S/C15H14BrClFNO/c16-9-5-6-11(14(18)7-9)15(20)12(8-19)10-3-1-2-4-13(10)17/h1-7,12,15,20H,8,19H2. The summed E-state index contributed by atoms with van der Waals surface area (Å²) in [4.78, 5) is 0. The SMILES string of the molecule is NCC(c1ccccc1Cl)C(O)c1ccc(Br)cc1F. The fourth-order valence-corrected chi connectivity index (χ4v) is 2.77. The van der Waals surface area contributed by atoms with Crippen molar-refractivity contribution in [3.8, 4) is 0 Å². The molecule has 0 saturated carbocycles. The summed E-state index contributed by atoms with van der Waals surface area (Å²) < 4.78 is 14.6. The van der Waals surface area contributed by atoms with Crippen molar-refractivity contribution in [3.05, 3.63) is 68.9 Å². The van der Waals surface area contributed by atoms with Crippen molar-refractivity contribution in [2.75, 3.05) is 6.54 Å². The molecule has 0 aliphatic carbocycles. The Hall–Kier alpha value is -0.940. The number of aliphatic hydroxyl groups excluding tert-OH is 1. The van der Waals surface area contributed by atoms with Crippen molar-refractivity contribution in [1.29, 1.82) is 0 Å². The third-order valence-electron chi connectivity index (χ3n) is 3.22. The number of hydrogen-bond donors (Lipinski definition) is 2. The number of aliphatic hydroxyl groups is 1. The Balaban J connectivity index is 2.39. The molecule has 5 heteroatoms. The summed E-state index contributed by atoms with van der Waals surface area (Å²) in [6.07, 6.45) is -1.05. The van der Waals surface area contributed by atoms with E-state index in [1.807, 2.05) is 6.07 Å². The highest BCUT2D eigenvalue weighted by Crippen LogP contribution is 2.35. The molecular formula is C15H14BrClFNO. The summed E-state index contributed by atoms with van der Waals surface area (Å²) in [6, 6.07) is 11.7. The van der Waals surface area contributed by atoms with Crippen molar-refractivity contribution in [2.24, 2.45) is 5.73 Å². The Bertz CT molecular complexity index is 608. The van der Waals surface area contributed by atoms with Crippen LogP contribution in [0.15, 0.2) is 46.9 Å². The molecule has 0 saturated heterocycles. The second-order valence-corrected chi connectivity index (χ2v) is 5.80. The van der Waals surface area contributed by atoms with Crippen LogP contribution >= 0.6 is 27.5 Å². The third-order valence-corrected chi connectivity index (χ3v) is 4.06. The first-order chi connectivity index (χ1) is 9.54. The molecule has 0 amide bonds. The molecule has 0 radical (unpaired) electrons. The van der Waals surface area contributed by atoms with Gasteiger partial charge < -0.3 is 10.8 Å². The zero-order valence-corrected chi connectivity index (χ0v) is 12.9. The molecule has 0 bridgehead atoms. The third kappa shape index (κ3) is 3.20. The Kier molecular flexibility index (Phi) is 5.16. The van der Waals surface area contributed by atoms with E-state index in [1.54, 1.807) is 30.3 Å². The van der Waals surface area contributed by atoms with E-state index in [0.29, 0.717) is 15.1 Å². The quantitative estimate of drug-likeness (QED) is 0.867. The molecule has 106 valence electrons. The average molecular weight is 359 g/mol. The van der Waals surface area contributed by atoms with Gasteiger partial charge in [0.2, 0.25) is 0 Å². The molecule has 0 spiro atoms. The predicted molar refractivity (Wildman–Crippen MR) is 82.3 cm³/mol. The van der Waals surface area contributed by atoms with E-state index in [0.717, 1.165) is 0 Å². The summed E-state index contributed by atoms with van der Waals surface area (Å²) in [5.74, 6) is -0.934. The first-order valence-corrected chi connectivity index (χ1v) is 7.29. The second kappa shape index (κ2) is 6.68. The number of rotatable bonds is 4. The number of benzene rings is 2. The minimum atomic E-state index is -1.05. The Morgan fingerprint density at radius 1 is 1.20 bits per heavy atom. The normalized spacial score (nSPS) is 14.1. The Morgan fingerprint density at radius 3 is 2.50 bits per heavy atom. The van der Waals surface area contributed by atoms with Crippen LogP contribution in [0.1, 0.15) is 23.1 Å². The van der Waals surface area contributed by atoms with Gasteiger partial charge in [-0.05, 0) is 23.8 Å². The van der Waals surface area contributed by atoms with Crippen molar-refractivity contribution < 1.29 is 9.50 Å². The van der Waals surface area contributed by atoms with Crippen LogP contribution in [-0.4, -0.2) is 11.7 Å². The van der Waals surface area contributed by atoms with Gasteiger partial charge in [0.15, 0.2) is 0 Å². The molecule has 20 heavy (non-hydrogen) atoms. The largest absolute Gasteiger partial charge is 0.388 e. The van der Waals surface area contributed by atoms with Crippen LogP contribution in [0.3, 0.4) is 0 Å². The number of hydrogen-bond acceptors (Lipinski definition) is 2. The van der Waals surface area contributed by atoms with Crippen LogP contribution in [-0.2, 0) is 0 Å². The molecule has 0 aliphatic rings. The van der Waals surface area contributed by atoms with E-state index < -0.39 is 17.8 Å². The van der Waals surface area contributed by atoms with Crippen molar-refractivity contribution in [1.82, 2.24) is 0 Å². The van der Waals surface area contributed by atoms with Crippen LogP contribution in [0.4, 0.5) is 4.39 Å². The Morgan fingerprint density at radius 2 is 1.90 bits per heavy atom. The molecule has 2 aromatic carbocycles. The first-order valence-electron chi connectivity index (χ1n) is 6.12. The van der Waals surface area contributed by atoms with E-state index in [4.69, 9.17) is 17.3 Å². The molecule has 2 aromatic rings. The smallest absolute Gasteiger partial charge is 0.130 e. The first kappa shape index (κ1) is 15.4. The van der Waals surface area contributed by atoms with Gasteiger partial charge >= 0.3 is 0 Å². The van der Waals surface area contributed by atoms with Gasteiger partial charge in [0.25, 0.3) is 0 Å². The van der Waals surface area contributed by atoms with Gasteiger partial charge in [0.05, 0.1) is 6.10 Å². The molecule has 2 unspecified atom stereocenters. The van der Waals surface area contributed by atoms with E-state index in [2.05, 4.69) is 15.9 Å². The molecule has 0 aromatic heterocycles. The molecule has 2 nitrogen and oxygen atoms in total. The fourth-order valence-electron chi connectivity index (χ4n) is 2.16. The van der Waals surface area contributed by atoms with Crippen LogP contribution in [0.25, 0.3) is 0 Å². The van der Waals surface area contributed by atoms with Crippen LogP contribution in [0.2, 0.25) is 5.02 Å². The minimum absolute atomic E-state index is 0.167. The maximum absolute atomic E-state index is 14.0. The zero-order chi connectivity index (χ0) is 14.7. The highest BCUT2D eigenvalue weighted by Gasteiger charge is 2.25. The minimum Gasteiger partial charge on any atom is -0.388 e.